The van der Waals surface area contributed by atoms with E-state index in [2.05, 4.69) is 14.8 Å². The summed E-state index contributed by atoms with van der Waals surface area (Å²) in [5, 5.41) is 4.60. The number of benzene rings is 1. The smallest absolute Gasteiger partial charge is 0.237 e. The van der Waals surface area contributed by atoms with Crippen LogP contribution in [-0.2, 0) is 15.8 Å². The molecule has 118 valence electrons. The van der Waals surface area contributed by atoms with Gasteiger partial charge in [-0.15, -0.1) is 0 Å². The van der Waals surface area contributed by atoms with Crippen LogP contribution < -0.4 is 4.72 Å². The van der Waals surface area contributed by atoms with Crippen LogP contribution in [0.1, 0.15) is 5.56 Å². The summed E-state index contributed by atoms with van der Waals surface area (Å²) in [6, 6.07) is 12.1. The summed E-state index contributed by atoms with van der Waals surface area (Å²) < 4.78 is 28.4. The lowest BCUT2D eigenvalue weighted by molar-refractivity contribution is 0.600. The quantitative estimate of drug-likeness (QED) is 0.769. The van der Waals surface area contributed by atoms with E-state index < -0.39 is 10.0 Å². The van der Waals surface area contributed by atoms with Crippen molar-refractivity contribution in [2.75, 3.05) is 4.72 Å². The van der Waals surface area contributed by atoms with Gasteiger partial charge in [0.25, 0.3) is 0 Å². The predicted octanol–water partition coefficient (Wildman–Crippen LogP) is 2.86. The molecule has 3 rings (SSSR count). The fraction of sp³-hybridized carbons (Fsp3) is 0.0667. The summed E-state index contributed by atoms with van der Waals surface area (Å²) in [5.74, 6) is 0.440. The molecule has 0 unspecified atom stereocenters. The van der Waals surface area contributed by atoms with Gasteiger partial charge in [0.1, 0.15) is 0 Å². The SMILES string of the molecule is O=S(=O)(Cc1cccc(Cl)c1)Nc1cnn(-c2ccccn2)c1. The molecule has 2 aromatic heterocycles. The number of sulfonamides is 1. The molecular formula is C15H13ClN4O2S. The van der Waals surface area contributed by atoms with E-state index >= 15 is 0 Å². The Morgan fingerprint density at radius 2 is 2.04 bits per heavy atom. The van der Waals surface area contributed by atoms with E-state index in [4.69, 9.17) is 11.6 Å². The summed E-state index contributed by atoms with van der Waals surface area (Å²) in [7, 11) is -3.56. The Morgan fingerprint density at radius 1 is 1.17 bits per heavy atom. The summed E-state index contributed by atoms with van der Waals surface area (Å²) in [4.78, 5) is 4.14. The van der Waals surface area contributed by atoms with Gasteiger partial charge in [-0.2, -0.15) is 5.10 Å². The molecule has 0 radical (unpaired) electrons. The van der Waals surface area contributed by atoms with Crippen molar-refractivity contribution in [3.8, 4) is 5.82 Å². The Hall–Kier alpha value is -2.38. The van der Waals surface area contributed by atoms with Crippen molar-refractivity contribution in [3.05, 3.63) is 71.6 Å². The van der Waals surface area contributed by atoms with E-state index in [0.717, 1.165) is 0 Å². The van der Waals surface area contributed by atoms with Crippen LogP contribution in [0.25, 0.3) is 5.82 Å². The van der Waals surface area contributed by atoms with Gasteiger partial charge in [-0.05, 0) is 29.8 Å². The summed E-state index contributed by atoms with van der Waals surface area (Å²) in [6.45, 7) is 0. The largest absolute Gasteiger partial charge is 0.280 e. The Kier molecular flexibility index (Phi) is 4.31. The van der Waals surface area contributed by atoms with Gasteiger partial charge in [-0.3, -0.25) is 4.72 Å². The van der Waals surface area contributed by atoms with Crippen LogP contribution in [0, 0.1) is 0 Å². The average Bonchev–Trinajstić information content (AvgIpc) is 2.95. The molecule has 0 aliphatic carbocycles. The second kappa shape index (κ2) is 6.39. The number of anilines is 1. The van der Waals surface area contributed by atoms with Crippen LogP contribution in [0.2, 0.25) is 5.02 Å². The van der Waals surface area contributed by atoms with Crippen LogP contribution in [-0.4, -0.2) is 23.2 Å². The fourth-order valence-electron chi connectivity index (χ4n) is 2.05. The zero-order valence-corrected chi connectivity index (χ0v) is 13.5. The molecule has 0 aliphatic rings. The summed E-state index contributed by atoms with van der Waals surface area (Å²) in [5.41, 5.74) is 0.986. The van der Waals surface area contributed by atoms with Gasteiger partial charge in [-0.1, -0.05) is 29.8 Å². The van der Waals surface area contributed by atoms with Crippen LogP contribution in [0.4, 0.5) is 5.69 Å². The molecule has 0 atom stereocenters. The number of halogens is 1. The first-order valence-corrected chi connectivity index (χ1v) is 8.76. The lowest BCUT2D eigenvalue weighted by Crippen LogP contribution is -2.14. The maximum Gasteiger partial charge on any atom is 0.237 e. The summed E-state index contributed by atoms with van der Waals surface area (Å²) >= 11 is 5.87. The number of nitrogens with zero attached hydrogens (tertiary/aromatic N) is 3. The third-order valence-corrected chi connectivity index (χ3v) is 4.48. The molecule has 0 amide bonds. The number of hydrogen-bond acceptors (Lipinski definition) is 4. The van der Waals surface area contributed by atoms with Crippen molar-refractivity contribution in [2.24, 2.45) is 0 Å². The Morgan fingerprint density at radius 3 is 2.78 bits per heavy atom. The minimum absolute atomic E-state index is 0.164. The minimum atomic E-state index is -3.56. The van der Waals surface area contributed by atoms with Gasteiger partial charge in [0, 0.05) is 11.2 Å². The Balaban J connectivity index is 1.75. The highest BCUT2D eigenvalue weighted by Gasteiger charge is 2.13. The maximum atomic E-state index is 12.2. The molecule has 0 aliphatic heterocycles. The number of nitrogens with one attached hydrogen (secondary N) is 1. The normalized spacial score (nSPS) is 11.3. The minimum Gasteiger partial charge on any atom is -0.280 e. The van der Waals surface area contributed by atoms with Gasteiger partial charge < -0.3 is 0 Å². The zero-order valence-electron chi connectivity index (χ0n) is 11.9. The number of hydrogen-bond donors (Lipinski definition) is 1. The molecule has 0 spiro atoms. The van der Waals surface area contributed by atoms with Crippen molar-refractivity contribution in [1.82, 2.24) is 14.8 Å². The Bertz CT molecular complexity index is 910. The molecule has 0 fully saturated rings. The van der Waals surface area contributed by atoms with Crippen LogP contribution >= 0.6 is 11.6 Å². The molecule has 8 heteroatoms. The molecule has 1 N–H and O–H groups in total. The summed E-state index contributed by atoms with van der Waals surface area (Å²) in [6.07, 6.45) is 4.64. The molecule has 6 nitrogen and oxygen atoms in total. The molecule has 1 aromatic carbocycles. The third-order valence-electron chi connectivity index (χ3n) is 2.99. The van der Waals surface area contributed by atoms with Gasteiger partial charge in [0.2, 0.25) is 10.0 Å². The Labute approximate surface area is 138 Å². The fourth-order valence-corrected chi connectivity index (χ4v) is 3.42. The highest BCUT2D eigenvalue weighted by Crippen LogP contribution is 2.16. The van der Waals surface area contributed by atoms with Gasteiger partial charge in [-0.25, -0.2) is 18.1 Å². The van der Waals surface area contributed by atoms with E-state index in [1.54, 1.807) is 48.8 Å². The number of rotatable bonds is 5. The van der Waals surface area contributed by atoms with Crippen molar-refractivity contribution < 1.29 is 8.42 Å². The monoisotopic (exact) mass is 348 g/mol. The van der Waals surface area contributed by atoms with Crippen LogP contribution in [0.5, 0.6) is 0 Å². The lowest BCUT2D eigenvalue weighted by Gasteiger charge is -2.06. The zero-order chi connectivity index (χ0) is 16.3. The number of pyridine rings is 1. The van der Waals surface area contributed by atoms with Crippen molar-refractivity contribution in [2.45, 2.75) is 5.75 Å². The first kappa shape index (κ1) is 15.5. The second-order valence-electron chi connectivity index (χ2n) is 4.85. The molecule has 23 heavy (non-hydrogen) atoms. The molecule has 0 saturated heterocycles. The first-order chi connectivity index (χ1) is 11.0. The highest BCUT2D eigenvalue weighted by molar-refractivity contribution is 7.91. The molecule has 0 bridgehead atoms. The standard InChI is InChI=1S/C15H13ClN4O2S/c16-13-5-3-4-12(8-13)11-23(21,22)19-14-9-18-20(10-14)15-6-1-2-7-17-15/h1-10,19H,11H2. The van der Waals surface area contributed by atoms with E-state index in [9.17, 15) is 8.42 Å². The molecule has 0 saturated carbocycles. The van der Waals surface area contributed by atoms with E-state index in [1.807, 2.05) is 6.07 Å². The molecular weight excluding hydrogens is 336 g/mol. The van der Waals surface area contributed by atoms with E-state index in [-0.39, 0.29) is 5.75 Å². The first-order valence-electron chi connectivity index (χ1n) is 6.73. The lowest BCUT2D eigenvalue weighted by atomic mass is 10.2. The van der Waals surface area contributed by atoms with Crippen LogP contribution in [0.3, 0.4) is 0 Å². The van der Waals surface area contributed by atoms with Crippen LogP contribution in [0.15, 0.2) is 61.1 Å². The second-order valence-corrected chi connectivity index (χ2v) is 7.01. The van der Waals surface area contributed by atoms with Gasteiger partial charge in [0.15, 0.2) is 5.82 Å². The van der Waals surface area contributed by atoms with Crippen molar-refractivity contribution >= 4 is 27.3 Å². The van der Waals surface area contributed by atoms with E-state index in [0.29, 0.717) is 22.1 Å². The number of aromatic nitrogens is 3. The van der Waals surface area contributed by atoms with Gasteiger partial charge in [0.05, 0.1) is 23.8 Å². The maximum absolute atomic E-state index is 12.2. The predicted molar refractivity (Wildman–Crippen MR) is 89.1 cm³/mol. The molecule has 3 aromatic rings. The van der Waals surface area contributed by atoms with Gasteiger partial charge >= 0.3 is 0 Å². The highest BCUT2D eigenvalue weighted by atomic mass is 35.5. The average molecular weight is 349 g/mol. The van der Waals surface area contributed by atoms with Crippen molar-refractivity contribution in [3.63, 3.8) is 0 Å². The molecule has 2 heterocycles. The topological polar surface area (TPSA) is 76.9 Å². The van der Waals surface area contributed by atoms with Crippen molar-refractivity contribution in [1.29, 1.82) is 0 Å². The third kappa shape index (κ3) is 4.08. The van der Waals surface area contributed by atoms with E-state index in [1.165, 1.54) is 10.9 Å².